The number of nitrogens with zero attached hydrogens (tertiary/aromatic N) is 1. The van der Waals surface area contributed by atoms with Crippen molar-refractivity contribution < 1.29 is 18.4 Å². The lowest BCUT2D eigenvalue weighted by molar-refractivity contribution is -0.123. The highest BCUT2D eigenvalue weighted by Gasteiger charge is 2.35. The van der Waals surface area contributed by atoms with Crippen LogP contribution in [-0.4, -0.2) is 27.5 Å². The Kier molecular flexibility index (Phi) is 5.36. The first-order chi connectivity index (χ1) is 12.9. The molecule has 140 valence electrons. The molecule has 3 rings (SSSR count). The topological polar surface area (TPSA) is 104 Å². The lowest BCUT2D eigenvalue weighted by Crippen LogP contribution is -2.36. The first-order valence-corrected chi connectivity index (χ1v) is 8.81. The first-order valence-electron chi connectivity index (χ1n) is 7.82. The quantitative estimate of drug-likeness (QED) is 0.412. The lowest BCUT2D eigenvalue weighted by Gasteiger charge is -2.23. The number of rotatable bonds is 5. The Labute approximate surface area is 156 Å². The summed E-state index contributed by atoms with van der Waals surface area (Å²) < 4.78 is 27.1. The molecule has 0 saturated heterocycles. The zero-order valence-corrected chi connectivity index (χ0v) is 14.7. The monoisotopic (exact) mass is 392 g/mol. The average molecular weight is 392 g/mol. The molecule has 3 N–H and O–H groups in total. The molecule has 0 aliphatic carbocycles. The van der Waals surface area contributed by atoms with E-state index in [2.05, 4.69) is 27.2 Å². The molecule has 27 heavy (non-hydrogen) atoms. The van der Waals surface area contributed by atoms with Gasteiger partial charge in [0.25, 0.3) is 5.56 Å². The number of hydrogen-bond donors (Lipinski definition) is 3. The van der Waals surface area contributed by atoms with E-state index in [-0.39, 0.29) is 28.6 Å². The molecule has 1 atom stereocenters. The maximum Gasteiger partial charge on any atom is 0.257 e. The zero-order valence-electron chi connectivity index (χ0n) is 13.8. The summed E-state index contributed by atoms with van der Waals surface area (Å²) in [6.45, 7) is 3.57. The van der Waals surface area contributed by atoms with Crippen LogP contribution in [0.3, 0.4) is 0 Å². The molecule has 0 fully saturated rings. The number of thioether (sulfide) groups is 1. The summed E-state index contributed by atoms with van der Waals surface area (Å²) in [4.78, 5) is 43.6. The van der Waals surface area contributed by atoms with Crippen molar-refractivity contribution in [1.82, 2.24) is 9.97 Å². The van der Waals surface area contributed by atoms with Gasteiger partial charge in [0, 0.05) is 18.2 Å². The van der Waals surface area contributed by atoms with Crippen molar-refractivity contribution >= 4 is 35.1 Å². The number of amides is 2. The minimum absolute atomic E-state index is 0.0265. The van der Waals surface area contributed by atoms with Crippen LogP contribution in [0.25, 0.3) is 0 Å². The molecular weight excluding hydrogens is 378 g/mol. The zero-order chi connectivity index (χ0) is 19.6. The number of halogens is 2. The van der Waals surface area contributed by atoms with E-state index in [0.717, 1.165) is 18.2 Å². The minimum atomic E-state index is -1.19. The van der Waals surface area contributed by atoms with Crippen molar-refractivity contribution in [3.63, 3.8) is 0 Å². The van der Waals surface area contributed by atoms with Gasteiger partial charge >= 0.3 is 0 Å². The fourth-order valence-corrected chi connectivity index (χ4v) is 3.19. The molecule has 10 heteroatoms. The molecule has 1 aliphatic rings. The van der Waals surface area contributed by atoms with Crippen molar-refractivity contribution in [2.75, 3.05) is 16.4 Å². The second-order valence-electron chi connectivity index (χ2n) is 5.65. The number of aromatic amines is 1. The summed E-state index contributed by atoms with van der Waals surface area (Å²) in [5.41, 5.74) is -1.01. The molecular formula is C17H14F2N4O3S. The lowest BCUT2D eigenvalue weighted by atomic mass is 9.92. The molecule has 1 aromatic carbocycles. The third-order valence-corrected chi connectivity index (χ3v) is 4.64. The first kappa shape index (κ1) is 18.8. The Bertz CT molecular complexity index is 993. The smallest absolute Gasteiger partial charge is 0.257 e. The fourth-order valence-electron chi connectivity index (χ4n) is 2.59. The van der Waals surface area contributed by atoms with E-state index in [0.29, 0.717) is 5.75 Å². The summed E-state index contributed by atoms with van der Waals surface area (Å²) in [5.74, 6) is -3.63. The maximum absolute atomic E-state index is 13.8. The highest BCUT2D eigenvalue weighted by molar-refractivity contribution is 7.99. The molecule has 0 unspecified atom stereocenters. The van der Waals surface area contributed by atoms with Crippen LogP contribution < -0.4 is 16.2 Å². The van der Waals surface area contributed by atoms with E-state index in [9.17, 15) is 23.2 Å². The van der Waals surface area contributed by atoms with Gasteiger partial charge in [-0.25, -0.2) is 13.8 Å². The van der Waals surface area contributed by atoms with E-state index in [1.54, 1.807) is 6.08 Å². The van der Waals surface area contributed by atoms with Crippen LogP contribution in [0.15, 0.2) is 40.8 Å². The number of aromatic nitrogens is 2. The van der Waals surface area contributed by atoms with E-state index in [1.807, 2.05) is 0 Å². The Morgan fingerprint density at radius 1 is 1.41 bits per heavy atom. The Hall–Kier alpha value is -3.01. The van der Waals surface area contributed by atoms with Gasteiger partial charge < -0.3 is 15.6 Å². The molecule has 0 spiro atoms. The summed E-state index contributed by atoms with van der Waals surface area (Å²) in [7, 11) is 0. The standard InChI is InChI=1S/C17H14F2N4O3S/c1-2-5-27-17-22-14-13(16(26)23-17)9(7-12(24)21-14)15(25)20-11-6-8(18)3-4-10(11)19/h2-4,6,9H,1,5,7H2,(H,20,25)(H2,21,22,23,24,26)/t9-/m1/s1. The molecule has 0 bridgehead atoms. The van der Waals surface area contributed by atoms with E-state index in [1.165, 1.54) is 11.8 Å². The van der Waals surface area contributed by atoms with Crippen LogP contribution in [0.4, 0.5) is 20.3 Å². The number of nitrogens with one attached hydrogen (secondary N) is 3. The second-order valence-corrected chi connectivity index (χ2v) is 6.66. The number of hydrogen-bond acceptors (Lipinski definition) is 5. The fraction of sp³-hybridized carbons (Fsp3) is 0.176. The molecule has 2 heterocycles. The predicted molar refractivity (Wildman–Crippen MR) is 96.8 cm³/mol. The normalized spacial score (nSPS) is 15.6. The van der Waals surface area contributed by atoms with E-state index in [4.69, 9.17) is 0 Å². The molecule has 7 nitrogen and oxygen atoms in total. The third kappa shape index (κ3) is 4.05. The van der Waals surface area contributed by atoms with Gasteiger partial charge in [-0.05, 0) is 12.1 Å². The SMILES string of the molecule is C=CCSc1nc2c(c(=O)[nH]1)[C@H](C(=O)Nc1cc(F)ccc1F)CC(=O)N2. The number of benzene rings is 1. The van der Waals surface area contributed by atoms with Crippen molar-refractivity contribution in [2.24, 2.45) is 0 Å². The minimum Gasteiger partial charge on any atom is -0.323 e. The van der Waals surface area contributed by atoms with Crippen LogP contribution in [0, 0.1) is 11.6 Å². The van der Waals surface area contributed by atoms with E-state index >= 15 is 0 Å². The van der Waals surface area contributed by atoms with E-state index < -0.39 is 34.9 Å². The van der Waals surface area contributed by atoms with Gasteiger partial charge in [-0.1, -0.05) is 17.8 Å². The van der Waals surface area contributed by atoms with Gasteiger partial charge in [0.2, 0.25) is 11.8 Å². The Morgan fingerprint density at radius 2 is 2.19 bits per heavy atom. The third-order valence-electron chi connectivity index (χ3n) is 3.77. The van der Waals surface area contributed by atoms with Crippen molar-refractivity contribution in [3.05, 3.63) is 58.4 Å². The number of fused-ring (bicyclic) bond motifs is 1. The predicted octanol–water partition coefficient (Wildman–Crippen LogP) is 2.39. The molecule has 1 aromatic heterocycles. The van der Waals surface area contributed by atoms with Crippen LogP contribution >= 0.6 is 11.8 Å². The van der Waals surface area contributed by atoms with Crippen LogP contribution in [0.2, 0.25) is 0 Å². The highest BCUT2D eigenvalue weighted by atomic mass is 32.2. The van der Waals surface area contributed by atoms with Crippen molar-refractivity contribution in [1.29, 1.82) is 0 Å². The Morgan fingerprint density at radius 3 is 2.93 bits per heavy atom. The van der Waals surface area contributed by atoms with Crippen LogP contribution in [-0.2, 0) is 9.59 Å². The van der Waals surface area contributed by atoms with Crippen LogP contribution in [0.5, 0.6) is 0 Å². The van der Waals surface area contributed by atoms with Crippen LogP contribution in [0.1, 0.15) is 17.9 Å². The van der Waals surface area contributed by atoms with Gasteiger partial charge in [0.05, 0.1) is 17.2 Å². The number of carbonyl (C=O) groups excluding carboxylic acids is 2. The molecule has 0 saturated carbocycles. The summed E-state index contributed by atoms with van der Waals surface area (Å²) >= 11 is 1.20. The Balaban J connectivity index is 1.94. The van der Waals surface area contributed by atoms with Gasteiger partial charge in [-0.3, -0.25) is 14.4 Å². The van der Waals surface area contributed by atoms with Gasteiger partial charge in [-0.15, -0.1) is 6.58 Å². The average Bonchev–Trinajstić information content (AvgIpc) is 2.61. The summed E-state index contributed by atoms with van der Waals surface area (Å²) in [5, 5.41) is 4.95. The molecule has 0 radical (unpaired) electrons. The van der Waals surface area contributed by atoms with Gasteiger partial charge in [0.1, 0.15) is 17.5 Å². The summed E-state index contributed by atoms with van der Waals surface area (Å²) in [6.07, 6.45) is 1.30. The number of H-pyrrole nitrogens is 1. The van der Waals surface area contributed by atoms with Gasteiger partial charge in [-0.2, -0.15) is 0 Å². The number of anilines is 2. The van der Waals surface area contributed by atoms with Gasteiger partial charge in [0.15, 0.2) is 5.16 Å². The largest absolute Gasteiger partial charge is 0.323 e. The van der Waals surface area contributed by atoms with Crippen molar-refractivity contribution in [3.8, 4) is 0 Å². The highest BCUT2D eigenvalue weighted by Crippen LogP contribution is 2.30. The summed E-state index contributed by atoms with van der Waals surface area (Å²) in [6, 6.07) is 2.59. The molecule has 2 amide bonds. The van der Waals surface area contributed by atoms with Crippen molar-refractivity contribution in [2.45, 2.75) is 17.5 Å². The maximum atomic E-state index is 13.8. The molecule has 1 aliphatic heterocycles. The number of carbonyl (C=O) groups is 2. The second kappa shape index (κ2) is 7.70. The molecule has 2 aromatic rings.